The standard InChI is InChI=1S/C4H6O4/c1-2(5)3(6)4(7)8/h2,5H,1H3,(H,7,8)/t2-/m0/s1. The van der Waals surface area contributed by atoms with Gasteiger partial charge in [-0.3, -0.25) is 4.79 Å². The van der Waals surface area contributed by atoms with Crippen molar-refractivity contribution >= 4 is 11.8 Å². The number of carboxylic acid groups (broad SMARTS) is 1. The number of hydrogen-bond acceptors (Lipinski definition) is 3. The van der Waals surface area contributed by atoms with Gasteiger partial charge in [0.15, 0.2) is 0 Å². The highest BCUT2D eigenvalue weighted by Gasteiger charge is 2.16. The zero-order chi connectivity index (χ0) is 6.73. The third kappa shape index (κ3) is 1.70. The van der Waals surface area contributed by atoms with Crippen molar-refractivity contribution in [3.8, 4) is 0 Å². The Bertz CT molecular complexity index is 115. The van der Waals surface area contributed by atoms with Gasteiger partial charge in [0.2, 0.25) is 0 Å². The molecule has 0 aliphatic carbocycles. The lowest BCUT2D eigenvalue weighted by Crippen LogP contribution is -2.24. The molecule has 2 N–H and O–H groups in total. The molecule has 8 heavy (non-hydrogen) atoms. The molecule has 46 valence electrons. The van der Waals surface area contributed by atoms with E-state index in [0.717, 1.165) is 6.92 Å². The summed E-state index contributed by atoms with van der Waals surface area (Å²) in [5, 5.41) is 16.1. The van der Waals surface area contributed by atoms with E-state index >= 15 is 0 Å². The van der Waals surface area contributed by atoms with E-state index in [2.05, 4.69) is 0 Å². The van der Waals surface area contributed by atoms with E-state index in [4.69, 9.17) is 10.2 Å². The molecule has 4 nitrogen and oxygen atoms in total. The Hall–Kier alpha value is -0.900. The van der Waals surface area contributed by atoms with Crippen LogP contribution in [0.1, 0.15) is 6.92 Å². The summed E-state index contributed by atoms with van der Waals surface area (Å²) < 4.78 is 0. The monoisotopic (exact) mass is 118 g/mol. The van der Waals surface area contributed by atoms with Gasteiger partial charge in [-0.05, 0) is 6.92 Å². The summed E-state index contributed by atoms with van der Waals surface area (Å²) in [6.07, 6.45) is -1.40. The van der Waals surface area contributed by atoms with Crippen LogP contribution in [0.25, 0.3) is 0 Å². The molecule has 0 bridgehead atoms. The van der Waals surface area contributed by atoms with Crippen LogP contribution in [0.2, 0.25) is 0 Å². The second-order valence-corrected chi connectivity index (χ2v) is 1.35. The number of rotatable bonds is 2. The van der Waals surface area contributed by atoms with Crippen molar-refractivity contribution in [1.82, 2.24) is 0 Å². The second-order valence-electron chi connectivity index (χ2n) is 1.35. The van der Waals surface area contributed by atoms with Gasteiger partial charge >= 0.3 is 5.97 Å². The lowest BCUT2D eigenvalue weighted by Gasteiger charge is -1.93. The van der Waals surface area contributed by atoms with Crippen LogP contribution in [0.15, 0.2) is 0 Å². The summed E-state index contributed by atoms with van der Waals surface area (Å²) in [5.41, 5.74) is 0. The molecule has 0 saturated heterocycles. The van der Waals surface area contributed by atoms with E-state index in [1.807, 2.05) is 0 Å². The topological polar surface area (TPSA) is 74.6 Å². The number of carboxylic acids is 1. The Morgan fingerprint density at radius 2 is 1.88 bits per heavy atom. The van der Waals surface area contributed by atoms with Crippen molar-refractivity contribution in [1.29, 1.82) is 0 Å². The Balaban J connectivity index is 3.84. The van der Waals surface area contributed by atoms with Gasteiger partial charge in [0.1, 0.15) is 6.10 Å². The SMILES string of the molecule is C[C@H](O)C(=O)C(=O)O. The fraction of sp³-hybridized carbons (Fsp3) is 0.500. The fourth-order valence-electron chi connectivity index (χ4n) is 0.179. The molecule has 0 radical (unpaired) electrons. The summed E-state index contributed by atoms with van der Waals surface area (Å²) in [4.78, 5) is 19.6. The molecule has 0 rings (SSSR count). The first-order valence-electron chi connectivity index (χ1n) is 2.01. The van der Waals surface area contributed by atoms with Gasteiger partial charge in [-0.25, -0.2) is 4.79 Å². The van der Waals surface area contributed by atoms with Crippen molar-refractivity contribution in [2.24, 2.45) is 0 Å². The Morgan fingerprint density at radius 3 is 1.88 bits per heavy atom. The number of carbonyl (C=O) groups is 2. The molecule has 0 aliphatic rings. The predicted octanol–water partition coefficient (Wildman–Crippen LogP) is -0.979. The molecule has 0 saturated carbocycles. The summed E-state index contributed by atoms with van der Waals surface area (Å²) in [5.74, 6) is -2.77. The molecule has 0 amide bonds. The van der Waals surface area contributed by atoms with E-state index in [0.29, 0.717) is 0 Å². The maximum atomic E-state index is 9.99. The average Bonchev–Trinajstić information content (AvgIpc) is 1.64. The van der Waals surface area contributed by atoms with Crippen molar-refractivity contribution in [3.05, 3.63) is 0 Å². The molecule has 0 aromatic carbocycles. The molecule has 4 heteroatoms. The number of aliphatic hydroxyl groups excluding tert-OH is 1. The quantitative estimate of drug-likeness (QED) is 0.457. The van der Waals surface area contributed by atoms with Crippen LogP contribution in [0, 0.1) is 0 Å². The first-order valence-corrected chi connectivity index (χ1v) is 2.01. The van der Waals surface area contributed by atoms with Crippen molar-refractivity contribution in [2.45, 2.75) is 13.0 Å². The zero-order valence-electron chi connectivity index (χ0n) is 4.29. The molecule has 0 unspecified atom stereocenters. The van der Waals surface area contributed by atoms with Crippen LogP contribution in [-0.4, -0.2) is 28.1 Å². The molecule has 0 aromatic rings. The second kappa shape index (κ2) is 2.42. The van der Waals surface area contributed by atoms with Crippen LogP contribution in [0.4, 0.5) is 0 Å². The molecular weight excluding hydrogens is 112 g/mol. The first kappa shape index (κ1) is 7.10. The molecule has 0 spiro atoms. The van der Waals surface area contributed by atoms with Crippen LogP contribution < -0.4 is 0 Å². The van der Waals surface area contributed by atoms with Crippen LogP contribution in [-0.2, 0) is 9.59 Å². The Labute approximate surface area is 45.7 Å². The molecule has 1 atom stereocenters. The smallest absolute Gasteiger partial charge is 0.374 e. The number of Topliss-reactive ketones (excluding diaryl/α,β-unsaturated/α-hetero) is 1. The minimum Gasteiger partial charge on any atom is -0.475 e. The number of ketones is 1. The van der Waals surface area contributed by atoms with Crippen LogP contribution in [0.5, 0.6) is 0 Å². The number of carbonyl (C=O) groups excluding carboxylic acids is 1. The highest BCUT2D eigenvalue weighted by atomic mass is 16.4. The third-order valence-corrected chi connectivity index (χ3v) is 0.590. The van der Waals surface area contributed by atoms with Gasteiger partial charge in [-0.15, -0.1) is 0 Å². The van der Waals surface area contributed by atoms with Gasteiger partial charge in [-0.1, -0.05) is 0 Å². The predicted molar refractivity (Wildman–Crippen MR) is 24.3 cm³/mol. The highest BCUT2D eigenvalue weighted by molar-refractivity contribution is 6.34. The summed E-state index contributed by atoms with van der Waals surface area (Å²) in [6.45, 7) is 1.11. The van der Waals surface area contributed by atoms with Crippen LogP contribution in [0.3, 0.4) is 0 Å². The molecule has 0 fully saturated rings. The minimum atomic E-state index is -1.60. The minimum absolute atomic E-state index is 1.11. The fourth-order valence-corrected chi connectivity index (χ4v) is 0.179. The maximum absolute atomic E-state index is 9.99. The third-order valence-electron chi connectivity index (χ3n) is 0.590. The number of aliphatic carboxylic acids is 1. The van der Waals surface area contributed by atoms with Gasteiger partial charge < -0.3 is 10.2 Å². The Kier molecular flexibility index (Phi) is 2.15. The summed E-state index contributed by atoms with van der Waals surface area (Å²) in [6, 6.07) is 0. The number of aliphatic hydroxyl groups is 1. The van der Waals surface area contributed by atoms with Gasteiger partial charge in [0, 0.05) is 0 Å². The van der Waals surface area contributed by atoms with E-state index in [-0.39, 0.29) is 0 Å². The van der Waals surface area contributed by atoms with E-state index in [1.54, 1.807) is 0 Å². The largest absolute Gasteiger partial charge is 0.475 e. The van der Waals surface area contributed by atoms with Crippen LogP contribution >= 0.6 is 0 Å². The first-order chi connectivity index (χ1) is 3.55. The van der Waals surface area contributed by atoms with Crippen molar-refractivity contribution < 1.29 is 19.8 Å². The summed E-state index contributed by atoms with van der Waals surface area (Å²) >= 11 is 0. The van der Waals surface area contributed by atoms with Gasteiger partial charge in [0.25, 0.3) is 5.78 Å². The molecule has 0 heterocycles. The van der Waals surface area contributed by atoms with E-state index in [1.165, 1.54) is 0 Å². The maximum Gasteiger partial charge on any atom is 0.374 e. The zero-order valence-corrected chi connectivity index (χ0v) is 4.29. The van der Waals surface area contributed by atoms with Gasteiger partial charge in [0.05, 0.1) is 0 Å². The van der Waals surface area contributed by atoms with E-state index in [9.17, 15) is 9.59 Å². The number of hydrogen-bond donors (Lipinski definition) is 2. The van der Waals surface area contributed by atoms with Gasteiger partial charge in [-0.2, -0.15) is 0 Å². The summed E-state index contributed by atoms with van der Waals surface area (Å²) in [7, 11) is 0. The Morgan fingerprint density at radius 1 is 1.50 bits per heavy atom. The highest BCUT2D eigenvalue weighted by Crippen LogP contribution is 1.81. The molecule has 0 aliphatic heterocycles. The van der Waals surface area contributed by atoms with E-state index < -0.39 is 17.9 Å². The van der Waals surface area contributed by atoms with Crippen molar-refractivity contribution in [3.63, 3.8) is 0 Å². The average molecular weight is 118 g/mol. The van der Waals surface area contributed by atoms with Crippen molar-refractivity contribution in [2.75, 3.05) is 0 Å². The molecule has 0 aromatic heterocycles. The molecular formula is C4H6O4. The normalized spacial score (nSPS) is 12.8. The lowest BCUT2D eigenvalue weighted by atomic mass is 10.3. The lowest BCUT2D eigenvalue weighted by molar-refractivity contribution is -0.152.